The maximum Gasteiger partial charge on any atom is 0.351 e. The van der Waals surface area contributed by atoms with E-state index in [1.807, 2.05) is 0 Å². The number of ether oxygens (including phenoxy) is 2. The second-order valence-electron chi connectivity index (χ2n) is 9.84. The minimum absolute atomic E-state index is 0.0511. The predicted molar refractivity (Wildman–Crippen MR) is 149 cm³/mol. The molecule has 42 heavy (non-hydrogen) atoms. The molecule has 214 valence electrons. The molecule has 10 nitrogen and oxygen atoms in total. The first kappa shape index (κ1) is 28.4. The van der Waals surface area contributed by atoms with E-state index >= 15 is 4.39 Å². The molecule has 3 aromatic carbocycles. The Bertz CT molecular complexity index is 1670. The van der Waals surface area contributed by atoms with Crippen molar-refractivity contribution in [2.75, 3.05) is 11.9 Å². The fourth-order valence-electron chi connectivity index (χ4n) is 5.09. The second-order valence-corrected chi connectivity index (χ2v) is 9.84. The van der Waals surface area contributed by atoms with Gasteiger partial charge in [-0.1, -0.05) is 54.6 Å². The van der Waals surface area contributed by atoms with E-state index in [2.05, 4.69) is 10.3 Å². The second kappa shape index (κ2) is 11.8. The number of aromatic carboxylic acids is 1. The van der Waals surface area contributed by atoms with Gasteiger partial charge in [-0.25, -0.2) is 18.8 Å². The number of nitrogens with one attached hydrogen (secondary N) is 1. The highest BCUT2D eigenvalue weighted by molar-refractivity contribution is 6.03. The van der Waals surface area contributed by atoms with Gasteiger partial charge in [0.1, 0.15) is 18.5 Å². The fraction of sp³-hybridized carbons (Fsp3) is 0.194. The quantitative estimate of drug-likeness (QED) is 0.296. The summed E-state index contributed by atoms with van der Waals surface area (Å²) in [6.45, 7) is 0.771. The lowest BCUT2D eigenvalue weighted by Crippen LogP contribution is -2.39. The Hall–Kier alpha value is -5.16. The van der Waals surface area contributed by atoms with E-state index in [1.54, 1.807) is 66.7 Å². The summed E-state index contributed by atoms with van der Waals surface area (Å²) < 4.78 is 29.2. The van der Waals surface area contributed by atoms with Gasteiger partial charge in [0.05, 0.1) is 17.0 Å². The van der Waals surface area contributed by atoms with Crippen molar-refractivity contribution in [1.82, 2.24) is 9.55 Å². The maximum absolute atomic E-state index is 16.8. The summed E-state index contributed by atoms with van der Waals surface area (Å²) in [4.78, 5) is 54.1. The zero-order chi connectivity index (χ0) is 29.9. The monoisotopic (exact) mass is 571 g/mol. The van der Waals surface area contributed by atoms with Gasteiger partial charge in [-0.05, 0) is 48.9 Å². The number of aromatic nitrogens is 2. The van der Waals surface area contributed by atoms with Gasteiger partial charge in [0, 0.05) is 11.8 Å². The van der Waals surface area contributed by atoms with Gasteiger partial charge in [0.15, 0.2) is 11.9 Å². The number of amides is 1. The molecule has 1 saturated heterocycles. The Kier molecular flexibility index (Phi) is 7.94. The Morgan fingerprint density at radius 1 is 0.976 bits per heavy atom. The number of nitrogens with zero attached hydrogens (tertiary/aromatic N) is 2. The van der Waals surface area contributed by atoms with Gasteiger partial charge in [-0.3, -0.25) is 9.36 Å². The third-order valence-electron chi connectivity index (χ3n) is 7.04. The molecule has 0 bridgehead atoms. The molecule has 0 saturated carbocycles. The Labute approximate surface area is 239 Å². The van der Waals surface area contributed by atoms with Crippen LogP contribution in [0.3, 0.4) is 0 Å². The lowest BCUT2D eigenvalue weighted by molar-refractivity contribution is -0.0642. The molecule has 2 N–H and O–H groups in total. The number of hydrogen-bond acceptors (Lipinski definition) is 7. The van der Waals surface area contributed by atoms with Crippen molar-refractivity contribution in [3.63, 3.8) is 0 Å². The van der Waals surface area contributed by atoms with Gasteiger partial charge in [-0.2, -0.15) is 4.98 Å². The minimum Gasteiger partial charge on any atom is -0.478 e. The molecule has 1 fully saturated rings. The first-order chi connectivity index (χ1) is 20.2. The number of rotatable bonds is 8. The van der Waals surface area contributed by atoms with Crippen LogP contribution < -0.4 is 11.0 Å². The molecule has 0 unspecified atom stereocenters. The lowest BCUT2D eigenvalue weighted by Gasteiger charge is -2.29. The summed E-state index contributed by atoms with van der Waals surface area (Å²) in [6, 6.07) is 23.7. The minimum atomic E-state index is -2.37. The summed E-state index contributed by atoms with van der Waals surface area (Å²) in [5, 5.41) is 12.3. The Morgan fingerprint density at radius 3 is 2.24 bits per heavy atom. The maximum atomic E-state index is 16.8. The van der Waals surface area contributed by atoms with Gasteiger partial charge in [0.2, 0.25) is 0 Å². The van der Waals surface area contributed by atoms with Crippen molar-refractivity contribution in [3.8, 4) is 0 Å². The third-order valence-corrected chi connectivity index (χ3v) is 7.04. The van der Waals surface area contributed by atoms with Gasteiger partial charge < -0.3 is 19.9 Å². The number of anilines is 1. The molecule has 1 amide bonds. The van der Waals surface area contributed by atoms with E-state index in [0.29, 0.717) is 5.56 Å². The van der Waals surface area contributed by atoms with Crippen LogP contribution in [0.5, 0.6) is 0 Å². The van der Waals surface area contributed by atoms with Gasteiger partial charge >= 0.3 is 17.6 Å². The summed E-state index contributed by atoms with van der Waals surface area (Å²) in [7, 11) is 0. The van der Waals surface area contributed by atoms with Gasteiger partial charge in [0.25, 0.3) is 5.91 Å². The van der Waals surface area contributed by atoms with Crippen molar-refractivity contribution >= 4 is 23.7 Å². The van der Waals surface area contributed by atoms with Crippen LogP contribution in [-0.4, -0.2) is 50.9 Å². The standard InChI is InChI=1S/C31H26FN3O7/c1-31(32)25(21-14-8-9-15-22(21)27(37)38)23(18-41-28(39)20-12-6-3-7-13-20)42-29(31)35-17-16-24(34-30(35)40)33-26(36)19-10-4-2-5-11-19/h2-17,23,25,29H,18H2,1H3,(H,37,38)(H,33,34,36,40)/t23-,25-,29-,31-/m1/s1. The highest BCUT2D eigenvalue weighted by atomic mass is 19.1. The number of carboxylic acid groups (broad SMARTS) is 1. The molecule has 11 heteroatoms. The molecule has 0 spiro atoms. The topological polar surface area (TPSA) is 137 Å². The molecular formula is C31H26FN3O7. The summed E-state index contributed by atoms with van der Waals surface area (Å²) in [5.74, 6) is -3.74. The SMILES string of the molecule is C[C@@]1(F)[C@H](c2ccccc2C(=O)O)[C@@H](COC(=O)c2ccccc2)O[C@H]1n1ccc(NC(=O)c2ccccc2)nc1=O. The highest BCUT2D eigenvalue weighted by Gasteiger charge is 2.57. The van der Waals surface area contributed by atoms with Crippen LogP contribution >= 0.6 is 0 Å². The van der Waals surface area contributed by atoms with Crippen LogP contribution in [0, 0.1) is 0 Å². The molecule has 4 atom stereocenters. The van der Waals surface area contributed by atoms with Crippen LogP contribution in [0.25, 0.3) is 0 Å². The molecule has 2 heterocycles. The fourth-order valence-corrected chi connectivity index (χ4v) is 5.09. The number of halogens is 1. The number of benzene rings is 3. The Morgan fingerprint density at radius 2 is 1.60 bits per heavy atom. The van der Waals surface area contributed by atoms with E-state index in [0.717, 1.165) is 4.57 Å². The third kappa shape index (κ3) is 5.68. The summed E-state index contributed by atoms with van der Waals surface area (Å²) in [5.41, 5.74) is -2.69. The Balaban J connectivity index is 1.46. The molecule has 1 aliphatic rings. The normalized spacial score (nSPS) is 21.4. The van der Waals surface area contributed by atoms with Crippen molar-refractivity contribution < 1.29 is 33.4 Å². The van der Waals surface area contributed by atoms with Crippen LogP contribution in [-0.2, 0) is 9.47 Å². The zero-order valence-corrected chi connectivity index (χ0v) is 22.3. The molecular weight excluding hydrogens is 545 g/mol. The smallest absolute Gasteiger partial charge is 0.351 e. The largest absolute Gasteiger partial charge is 0.478 e. The molecule has 1 aromatic heterocycles. The van der Waals surface area contributed by atoms with Crippen molar-refractivity contribution in [2.45, 2.75) is 30.8 Å². The number of carbonyl (C=O) groups excluding carboxylic acids is 2. The first-order valence-electron chi connectivity index (χ1n) is 13.0. The first-order valence-corrected chi connectivity index (χ1v) is 13.0. The van der Waals surface area contributed by atoms with E-state index < -0.39 is 54.1 Å². The number of alkyl halides is 1. The van der Waals surface area contributed by atoms with Crippen LogP contribution in [0.1, 0.15) is 55.7 Å². The van der Waals surface area contributed by atoms with E-state index in [-0.39, 0.29) is 22.5 Å². The molecule has 0 radical (unpaired) electrons. The molecule has 4 aromatic rings. The van der Waals surface area contributed by atoms with E-state index in [1.165, 1.54) is 37.4 Å². The molecule has 1 aliphatic heterocycles. The number of hydrogen-bond donors (Lipinski definition) is 2. The number of carbonyl (C=O) groups is 3. The average molecular weight is 572 g/mol. The van der Waals surface area contributed by atoms with E-state index in [4.69, 9.17) is 9.47 Å². The molecule has 0 aliphatic carbocycles. The van der Waals surface area contributed by atoms with Crippen molar-refractivity contribution in [2.24, 2.45) is 0 Å². The summed E-state index contributed by atoms with van der Waals surface area (Å²) in [6.07, 6.45) is -1.50. The summed E-state index contributed by atoms with van der Waals surface area (Å²) >= 11 is 0. The van der Waals surface area contributed by atoms with Crippen molar-refractivity contribution in [1.29, 1.82) is 0 Å². The van der Waals surface area contributed by atoms with Crippen molar-refractivity contribution in [3.05, 3.63) is 130 Å². The lowest BCUT2D eigenvalue weighted by atomic mass is 9.80. The number of esters is 1. The van der Waals surface area contributed by atoms with E-state index in [9.17, 15) is 24.3 Å². The van der Waals surface area contributed by atoms with Crippen LogP contribution in [0.4, 0.5) is 10.2 Å². The average Bonchev–Trinajstić information content (AvgIpc) is 3.26. The van der Waals surface area contributed by atoms with Crippen LogP contribution in [0.2, 0.25) is 0 Å². The predicted octanol–water partition coefficient (Wildman–Crippen LogP) is 4.46. The van der Waals surface area contributed by atoms with Gasteiger partial charge in [-0.15, -0.1) is 0 Å². The molecule has 5 rings (SSSR count). The zero-order valence-electron chi connectivity index (χ0n) is 22.3. The van der Waals surface area contributed by atoms with Crippen LogP contribution in [0.15, 0.2) is 102 Å². The highest BCUT2D eigenvalue weighted by Crippen LogP contribution is 2.51. The number of carboxylic acids is 1.